The summed E-state index contributed by atoms with van der Waals surface area (Å²) in [6.45, 7) is 11.8. The van der Waals surface area contributed by atoms with Crippen molar-refractivity contribution in [3.8, 4) is 0 Å². The first-order chi connectivity index (χ1) is 13.5. The van der Waals surface area contributed by atoms with E-state index in [1.54, 1.807) is 13.0 Å². The molecule has 1 N–H and O–H groups in total. The van der Waals surface area contributed by atoms with Crippen LogP contribution in [0.1, 0.15) is 54.2 Å². The lowest BCUT2D eigenvalue weighted by Crippen LogP contribution is -2.46. The number of nitrogens with zero attached hydrogens (tertiary/aromatic N) is 2. The topological polar surface area (TPSA) is 73.2 Å². The predicted octanol–water partition coefficient (Wildman–Crippen LogP) is 4.22. The first kappa shape index (κ1) is 21.0. The Kier molecular flexibility index (Phi) is 5.80. The minimum atomic E-state index is -0.864. The van der Waals surface area contributed by atoms with Gasteiger partial charge in [0, 0.05) is 10.9 Å². The van der Waals surface area contributed by atoms with Gasteiger partial charge in [-0.2, -0.15) is 5.10 Å². The molecular formula is C22H27N3O3S. The predicted molar refractivity (Wildman–Crippen MR) is 115 cm³/mol. The summed E-state index contributed by atoms with van der Waals surface area (Å²) >= 11 is 1.34. The van der Waals surface area contributed by atoms with E-state index in [9.17, 15) is 9.59 Å². The van der Waals surface area contributed by atoms with Crippen molar-refractivity contribution in [2.24, 2.45) is 0 Å². The third-order valence-corrected chi connectivity index (χ3v) is 5.54. The maximum atomic E-state index is 12.6. The van der Waals surface area contributed by atoms with E-state index in [0.717, 1.165) is 21.5 Å². The van der Waals surface area contributed by atoms with Gasteiger partial charge in [0.1, 0.15) is 9.71 Å². The third kappa shape index (κ3) is 5.03. The van der Waals surface area contributed by atoms with Gasteiger partial charge in [-0.3, -0.25) is 9.48 Å². The monoisotopic (exact) mass is 413 g/mol. The van der Waals surface area contributed by atoms with Crippen LogP contribution in [0.3, 0.4) is 0 Å². The molecule has 3 aromatic rings. The second-order valence-corrected chi connectivity index (χ2v) is 9.38. The number of carbonyl (C=O) groups excluding carboxylic acids is 2. The van der Waals surface area contributed by atoms with Gasteiger partial charge in [0.05, 0.1) is 12.2 Å². The first-order valence-electron chi connectivity index (χ1n) is 9.59. The average molecular weight is 414 g/mol. The van der Waals surface area contributed by atoms with E-state index in [0.29, 0.717) is 11.4 Å². The summed E-state index contributed by atoms with van der Waals surface area (Å²) in [5.74, 6) is -0.808. The number of hydrogen-bond acceptors (Lipinski definition) is 5. The molecule has 0 spiro atoms. The molecule has 0 fully saturated rings. The molecule has 7 heteroatoms. The SMILES string of the molecule is Cc1ccc(Cn2nc(C)c3cc(C(=O)OC(C)C(=O)NC(C)(C)C)sc32)cc1. The Morgan fingerprint density at radius 2 is 1.86 bits per heavy atom. The molecule has 0 aliphatic rings. The van der Waals surface area contributed by atoms with Crippen LogP contribution in [-0.4, -0.2) is 33.3 Å². The standard InChI is InChI=1S/C22H27N3O3S/c1-13-7-9-16(10-8-13)12-25-20-17(14(2)24-25)11-18(29-20)21(27)28-15(3)19(26)23-22(4,5)6/h7-11,15H,12H2,1-6H3,(H,23,26). The number of esters is 1. The van der Waals surface area contributed by atoms with E-state index in [4.69, 9.17) is 4.74 Å². The molecule has 0 bridgehead atoms. The van der Waals surface area contributed by atoms with Crippen LogP contribution >= 0.6 is 11.3 Å². The summed E-state index contributed by atoms with van der Waals surface area (Å²) in [6.07, 6.45) is -0.864. The second kappa shape index (κ2) is 7.99. The summed E-state index contributed by atoms with van der Waals surface area (Å²) in [4.78, 5) is 26.2. The van der Waals surface area contributed by atoms with Gasteiger partial charge in [0.25, 0.3) is 5.91 Å². The van der Waals surface area contributed by atoms with Crippen LogP contribution in [0, 0.1) is 13.8 Å². The van der Waals surface area contributed by atoms with E-state index in [-0.39, 0.29) is 11.4 Å². The van der Waals surface area contributed by atoms with Gasteiger partial charge in [-0.25, -0.2) is 4.79 Å². The molecule has 6 nitrogen and oxygen atoms in total. The van der Waals surface area contributed by atoms with Crippen LogP contribution in [0.4, 0.5) is 0 Å². The zero-order chi connectivity index (χ0) is 21.3. The fourth-order valence-electron chi connectivity index (χ4n) is 2.93. The van der Waals surface area contributed by atoms with Crippen molar-refractivity contribution in [1.82, 2.24) is 15.1 Å². The number of rotatable bonds is 5. The maximum absolute atomic E-state index is 12.6. The molecule has 2 aromatic heterocycles. The molecule has 1 amide bonds. The van der Waals surface area contributed by atoms with Crippen LogP contribution in [0.5, 0.6) is 0 Å². The molecule has 154 valence electrons. The fourth-order valence-corrected chi connectivity index (χ4v) is 3.97. The number of aromatic nitrogens is 2. The molecule has 1 unspecified atom stereocenters. The molecular weight excluding hydrogens is 386 g/mol. The number of nitrogens with one attached hydrogen (secondary N) is 1. The largest absolute Gasteiger partial charge is 0.448 e. The lowest BCUT2D eigenvalue weighted by Gasteiger charge is -2.23. The van der Waals surface area contributed by atoms with E-state index in [1.165, 1.54) is 16.9 Å². The zero-order valence-electron chi connectivity index (χ0n) is 17.7. The Bertz CT molecular complexity index is 1040. The normalized spacial score (nSPS) is 12.8. The number of amides is 1. The van der Waals surface area contributed by atoms with Crippen LogP contribution in [0.2, 0.25) is 0 Å². The molecule has 29 heavy (non-hydrogen) atoms. The van der Waals surface area contributed by atoms with Crippen molar-refractivity contribution in [1.29, 1.82) is 0 Å². The zero-order valence-corrected chi connectivity index (χ0v) is 18.5. The second-order valence-electron chi connectivity index (χ2n) is 8.34. The number of ether oxygens (including phenoxy) is 1. The van der Waals surface area contributed by atoms with Gasteiger partial charge in [0.2, 0.25) is 0 Å². The van der Waals surface area contributed by atoms with Gasteiger partial charge in [-0.1, -0.05) is 29.8 Å². The number of aryl methyl sites for hydroxylation is 2. The molecule has 0 saturated carbocycles. The number of benzene rings is 1. The van der Waals surface area contributed by atoms with Crippen molar-refractivity contribution in [3.63, 3.8) is 0 Å². The summed E-state index contributed by atoms with van der Waals surface area (Å²) in [5, 5.41) is 8.36. The Morgan fingerprint density at radius 3 is 2.48 bits per heavy atom. The number of fused-ring (bicyclic) bond motifs is 1. The molecule has 2 heterocycles. The highest BCUT2D eigenvalue weighted by molar-refractivity contribution is 7.20. The highest BCUT2D eigenvalue weighted by atomic mass is 32.1. The highest BCUT2D eigenvalue weighted by Crippen LogP contribution is 2.29. The fraction of sp³-hybridized carbons (Fsp3) is 0.409. The minimum absolute atomic E-state index is 0.311. The van der Waals surface area contributed by atoms with E-state index >= 15 is 0 Å². The average Bonchev–Trinajstić information content (AvgIpc) is 3.17. The van der Waals surface area contributed by atoms with Crippen LogP contribution < -0.4 is 5.32 Å². The van der Waals surface area contributed by atoms with E-state index < -0.39 is 12.1 Å². The quantitative estimate of drug-likeness (QED) is 0.636. The van der Waals surface area contributed by atoms with Crippen LogP contribution in [0.15, 0.2) is 30.3 Å². The van der Waals surface area contributed by atoms with Crippen LogP contribution in [0.25, 0.3) is 10.2 Å². The molecule has 0 radical (unpaired) electrons. The summed E-state index contributed by atoms with van der Waals surface area (Å²) in [5.41, 5.74) is 2.83. The Labute approximate surface area is 174 Å². The van der Waals surface area contributed by atoms with Crippen molar-refractivity contribution in [3.05, 3.63) is 52.0 Å². The van der Waals surface area contributed by atoms with Crippen molar-refractivity contribution < 1.29 is 14.3 Å². The molecule has 1 atom stereocenters. The number of carbonyl (C=O) groups is 2. The third-order valence-electron chi connectivity index (χ3n) is 4.41. The number of thiophene rings is 1. The molecule has 0 aliphatic heterocycles. The van der Waals surface area contributed by atoms with Gasteiger partial charge >= 0.3 is 5.97 Å². The summed E-state index contributed by atoms with van der Waals surface area (Å²) in [7, 11) is 0. The maximum Gasteiger partial charge on any atom is 0.349 e. The smallest absolute Gasteiger partial charge is 0.349 e. The van der Waals surface area contributed by atoms with Gasteiger partial charge in [-0.15, -0.1) is 11.3 Å². The van der Waals surface area contributed by atoms with Gasteiger partial charge in [-0.05, 0) is 53.2 Å². The molecule has 0 saturated heterocycles. The van der Waals surface area contributed by atoms with Crippen LogP contribution in [-0.2, 0) is 16.1 Å². The van der Waals surface area contributed by atoms with Crippen molar-refractivity contribution in [2.75, 3.05) is 0 Å². The lowest BCUT2D eigenvalue weighted by molar-refractivity contribution is -0.130. The van der Waals surface area contributed by atoms with Gasteiger partial charge in [0.15, 0.2) is 6.10 Å². The highest BCUT2D eigenvalue weighted by Gasteiger charge is 2.24. The number of hydrogen-bond donors (Lipinski definition) is 1. The molecule has 3 rings (SSSR count). The van der Waals surface area contributed by atoms with Gasteiger partial charge < -0.3 is 10.1 Å². The summed E-state index contributed by atoms with van der Waals surface area (Å²) in [6, 6.07) is 10.1. The Hall–Kier alpha value is -2.67. The van der Waals surface area contributed by atoms with E-state index in [2.05, 4.69) is 41.6 Å². The van der Waals surface area contributed by atoms with Crippen molar-refractivity contribution >= 4 is 33.4 Å². The Balaban J connectivity index is 1.78. The van der Waals surface area contributed by atoms with Crippen molar-refractivity contribution in [2.45, 2.75) is 59.7 Å². The van der Waals surface area contributed by atoms with E-state index in [1.807, 2.05) is 32.4 Å². The molecule has 1 aromatic carbocycles. The Morgan fingerprint density at radius 1 is 1.21 bits per heavy atom. The summed E-state index contributed by atoms with van der Waals surface area (Å²) < 4.78 is 7.29. The first-order valence-corrected chi connectivity index (χ1v) is 10.4. The lowest BCUT2D eigenvalue weighted by atomic mass is 10.1. The molecule has 0 aliphatic carbocycles. The minimum Gasteiger partial charge on any atom is -0.448 e.